The van der Waals surface area contributed by atoms with Gasteiger partial charge in [-0.05, 0) is 60.5 Å². The largest absolute Gasteiger partial charge is 0.471 e. The van der Waals surface area contributed by atoms with E-state index in [-0.39, 0.29) is 12.4 Å². The fourth-order valence-corrected chi connectivity index (χ4v) is 2.90. The van der Waals surface area contributed by atoms with Crippen molar-refractivity contribution in [3.8, 4) is 5.75 Å². The van der Waals surface area contributed by atoms with Gasteiger partial charge in [0.15, 0.2) is 0 Å². The summed E-state index contributed by atoms with van der Waals surface area (Å²) in [7, 11) is 0. The highest BCUT2D eigenvalue weighted by atomic mass is 79.9. The van der Waals surface area contributed by atoms with Gasteiger partial charge in [0.25, 0.3) is 0 Å². The predicted molar refractivity (Wildman–Crippen MR) is 89.5 cm³/mol. The first-order chi connectivity index (χ1) is 10.3. The van der Waals surface area contributed by atoms with Crippen molar-refractivity contribution in [3.05, 3.63) is 29.3 Å². The molecule has 1 aromatic carbocycles. The molecule has 0 saturated heterocycles. The first kappa shape index (κ1) is 19.0. The van der Waals surface area contributed by atoms with Crippen LogP contribution >= 0.6 is 27.5 Å². The molecule has 2 atom stereocenters. The van der Waals surface area contributed by atoms with Crippen molar-refractivity contribution in [1.29, 1.82) is 0 Å². The molecule has 0 heterocycles. The Hall–Kier alpha value is -1.07. The zero-order valence-corrected chi connectivity index (χ0v) is 15.2. The Morgan fingerprint density at radius 2 is 1.86 bits per heavy atom. The topological polar surface area (TPSA) is 52.6 Å². The number of Topliss-reactive ketones (excluding diaryl/α,β-unsaturated/α-hetero) is 1. The van der Waals surface area contributed by atoms with E-state index < -0.39 is 16.4 Å². The Balaban J connectivity index is 2.88. The van der Waals surface area contributed by atoms with Gasteiger partial charge in [0, 0.05) is 5.02 Å². The third-order valence-electron chi connectivity index (χ3n) is 3.28. The Kier molecular flexibility index (Phi) is 7.36. The molecule has 0 aromatic heterocycles. The Morgan fingerprint density at radius 3 is 2.36 bits per heavy atom. The molecule has 0 fully saturated rings. The monoisotopic (exact) mass is 390 g/mol. The van der Waals surface area contributed by atoms with Crippen LogP contribution in [0.25, 0.3) is 0 Å². The highest BCUT2D eigenvalue weighted by molar-refractivity contribution is 9.09. The summed E-state index contributed by atoms with van der Waals surface area (Å²) in [4.78, 5) is 24.8. The smallest absolute Gasteiger partial charge is 0.319 e. The van der Waals surface area contributed by atoms with Gasteiger partial charge >= 0.3 is 5.97 Å². The van der Waals surface area contributed by atoms with Crippen LogP contribution in [-0.4, -0.2) is 23.4 Å². The van der Waals surface area contributed by atoms with E-state index in [9.17, 15) is 9.59 Å². The quantitative estimate of drug-likeness (QED) is 0.375. The molecular weight excluding hydrogens is 372 g/mol. The third-order valence-corrected chi connectivity index (χ3v) is 4.13. The molecule has 22 heavy (non-hydrogen) atoms. The van der Waals surface area contributed by atoms with E-state index in [4.69, 9.17) is 21.1 Å². The van der Waals surface area contributed by atoms with Gasteiger partial charge in [-0.1, -0.05) is 24.9 Å². The maximum atomic E-state index is 12.6. The third kappa shape index (κ3) is 4.71. The highest BCUT2D eigenvalue weighted by Crippen LogP contribution is 2.31. The van der Waals surface area contributed by atoms with Gasteiger partial charge in [-0.3, -0.25) is 9.59 Å². The average Bonchev–Trinajstić information content (AvgIpc) is 2.49. The molecule has 122 valence electrons. The van der Waals surface area contributed by atoms with Crippen molar-refractivity contribution in [2.45, 2.75) is 38.6 Å². The van der Waals surface area contributed by atoms with Gasteiger partial charge in [-0.2, -0.15) is 0 Å². The molecule has 0 aliphatic rings. The lowest BCUT2D eigenvalue weighted by Crippen LogP contribution is -2.43. The van der Waals surface area contributed by atoms with E-state index >= 15 is 0 Å². The number of esters is 1. The van der Waals surface area contributed by atoms with Crippen LogP contribution in [0.2, 0.25) is 5.02 Å². The highest BCUT2D eigenvalue weighted by Gasteiger charge is 2.45. The van der Waals surface area contributed by atoms with Crippen molar-refractivity contribution in [3.63, 3.8) is 0 Å². The van der Waals surface area contributed by atoms with E-state index in [2.05, 4.69) is 15.9 Å². The molecule has 0 spiro atoms. The number of halogens is 2. The fraction of sp³-hybridized carbons (Fsp3) is 0.500. The van der Waals surface area contributed by atoms with Gasteiger partial charge in [0.05, 0.1) is 6.61 Å². The summed E-state index contributed by atoms with van der Waals surface area (Å²) in [5.74, 6) is -0.393. The van der Waals surface area contributed by atoms with E-state index in [0.29, 0.717) is 23.6 Å². The molecule has 0 aliphatic heterocycles. The minimum atomic E-state index is -1.23. The number of rotatable bonds is 8. The van der Waals surface area contributed by atoms with Crippen molar-refractivity contribution < 1.29 is 19.1 Å². The fourth-order valence-electron chi connectivity index (χ4n) is 2.05. The Labute approximate surface area is 144 Å². The van der Waals surface area contributed by atoms with Crippen molar-refractivity contribution in [2.75, 3.05) is 6.61 Å². The van der Waals surface area contributed by atoms with Crippen LogP contribution in [0.1, 0.15) is 33.6 Å². The first-order valence-electron chi connectivity index (χ1n) is 7.13. The SMILES string of the molecule is CCCC(C)(C(=O)OCC)C(=O)C(Br)Oc1ccc(Cl)cc1. The predicted octanol–water partition coefficient (Wildman–Crippen LogP) is 4.38. The summed E-state index contributed by atoms with van der Waals surface area (Å²) in [6.07, 6.45) is 1.08. The summed E-state index contributed by atoms with van der Waals surface area (Å²) in [5.41, 5.74) is -1.23. The second kappa shape index (κ2) is 8.53. The molecule has 0 aliphatic carbocycles. The van der Waals surface area contributed by atoms with Gasteiger partial charge < -0.3 is 9.47 Å². The van der Waals surface area contributed by atoms with E-state index in [1.165, 1.54) is 0 Å². The molecule has 0 bridgehead atoms. The molecule has 1 aromatic rings. The zero-order chi connectivity index (χ0) is 16.8. The lowest BCUT2D eigenvalue weighted by atomic mass is 9.81. The van der Waals surface area contributed by atoms with Gasteiger partial charge in [0.1, 0.15) is 11.2 Å². The van der Waals surface area contributed by atoms with Gasteiger partial charge in [0.2, 0.25) is 10.8 Å². The zero-order valence-electron chi connectivity index (χ0n) is 12.9. The molecule has 0 saturated carbocycles. The lowest BCUT2D eigenvalue weighted by Gasteiger charge is -2.27. The molecule has 0 N–H and O–H groups in total. The number of hydrogen-bond acceptors (Lipinski definition) is 4. The molecule has 2 unspecified atom stereocenters. The van der Waals surface area contributed by atoms with Crippen LogP contribution in [0.15, 0.2) is 24.3 Å². The van der Waals surface area contributed by atoms with E-state index in [1.807, 2.05) is 6.92 Å². The molecule has 4 nitrogen and oxygen atoms in total. The Bertz CT molecular complexity index is 517. The number of carbonyl (C=O) groups excluding carboxylic acids is 2. The van der Waals surface area contributed by atoms with Crippen LogP contribution in [0.3, 0.4) is 0 Å². The molecule has 0 radical (unpaired) electrons. The minimum Gasteiger partial charge on any atom is -0.471 e. The molecule has 1 rings (SSSR count). The number of benzene rings is 1. The van der Waals surface area contributed by atoms with Crippen molar-refractivity contribution in [2.24, 2.45) is 5.41 Å². The van der Waals surface area contributed by atoms with E-state index in [0.717, 1.165) is 0 Å². The number of alkyl halides is 1. The summed E-state index contributed by atoms with van der Waals surface area (Å²) in [6.45, 7) is 5.45. The second-order valence-corrected chi connectivity index (χ2v) is 6.32. The molecule has 0 amide bonds. The van der Waals surface area contributed by atoms with Crippen LogP contribution in [0.4, 0.5) is 0 Å². The van der Waals surface area contributed by atoms with Crippen molar-refractivity contribution in [1.82, 2.24) is 0 Å². The first-order valence-corrected chi connectivity index (χ1v) is 8.42. The van der Waals surface area contributed by atoms with Crippen LogP contribution in [-0.2, 0) is 14.3 Å². The number of hydrogen-bond donors (Lipinski definition) is 0. The summed E-state index contributed by atoms with van der Waals surface area (Å²) in [6, 6.07) is 6.64. The summed E-state index contributed by atoms with van der Waals surface area (Å²) >= 11 is 9.02. The van der Waals surface area contributed by atoms with Crippen LogP contribution in [0.5, 0.6) is 5.75 Å². The lowest BCUT2D eigenvalue weighted by molar-refractivity contribution is -0.160. The van der Waals surface area contributed by atoms with Gasteiger partial charge in [-0.15, -0.1) is 0 Å². The number of ketones is 1. The maximum Gasteiger partial charge on any atom is 0.319 e. The summed E-state index contributed by atoms with van der Waals surface area (Å²) < 4.78 is 10.6. The number of ether oxygens (including phenoxy) is 2. The Morgan fingerprint density at radius 1 is 1.27 bits per heavy atom. The van der Waals surface area contributed by atoms with Crippen LogP contribution < -0.4 is 4.74 Å². The molecule has 6 heteroatoms. The van der Waals surface area contributed by atoms with Crippen molar-refractivity contribution >= 4 is 39.3 Å². The molecular formula is C16H20BrClO4. The number of carbonyl (C=O) groups is 2. The summed E-state index contributed by atoms with van der Waals surface area (Å²) in [5, 5.41) is -0.359. The average molecular weight is 392 g/mol. The maximum absolute atomic E-state index is 12.6. The normalized spacial score (nSPS) is 14.8. The van der Waals surface area contributed by atoms with Crippen LogP contribution in [0, 0.1) is 5.41 Å². The van der Waals surface area contributed by atoms with Gasteiger partial charge in [-0.25, -0.2) is 0 Å². The van der Waals surface area contributed by atoms with E-state index in [1.54, 1.807) is 38.1 Å². The minimum absolute atomic E-state index is 0.233. The second-order valence-electron chi connectivity index (χ2n) is 5.05. The standard InChI is InChI=1S/C16H20BrClO4/c1-4-10-16(3,15(20)21-5-2)13(19)14(17)22-12-8-6-11(18)7-9-12/h6-9,14H,4-5,10H2,1-3H3.